The number of hydrogen-bond acceptors (Lipinski definition) is 7. The molecule has 248 valence electrons. The van der Waals surface area contributed by atoms with Crippen molar-refractivity contribution >= 4 is 23.7 Å². The Labute approximate surface area is 282 Å². The highest BCUT2D eigenvalue weighted by Crippen LogP contribution is 2.32. The van der Waals surface area contributed by atoms with Crippen LogP contribution in [0, 0.1) is 23.7 Å². The normalized spacial score (nSPS) is 20.2. The fourth-order valence-electron chi connectivity index (χ4n) is 6.22. The van der Waals surface area contributed by atoms with Gasteiger partial charge >= 0.3 is 17.9 Å². The van der Waals surface area contributed by atoms with Crippen LogP contribution >= 0.6 is 0 Å². The summed E-state index contributed by atoms with van der Waals surface area (Å²) in [7, 11) is 0. The summed E-state index contributed by atoms with van der Waals surface area (Å²) in [6.07, 6.45) is 6.12. The van der Waals surface area contributed by atoms with Gasteiger partial charge in [0.25, 0.3) is 0 Å². The molecule has 2 aliphatic carbocycles. The average molecular weight is 647 g/mol. The molecule has 7 nitrogen and oxygen atoms in total. The van der Waals surface area contributed by atoms with Crippen LogP contribution in [0.3, 0.4) is 0 Å². The van der Waals surface area contributed by atoms with Crippen LogP contribution in [-0.4, -0.2) is 23.7 Å². The summed E-state index contributed by atoms with van der Waals surface area (Å²) in [6, 6.07) is 37.1. The number of Topliss-reactive ketones (excluding diaryl/α,β-unsaturated/α-hetero) is 1. The lowest BCUT2D eigenvalue weighted by molar-refractivity contribution is -0.145. The van der Waals surface area contributed by atoms with E-state index in [2.05, 4.69) is 0 Å². The van der Waals surface area contributed by atoms with Gasteiger partial charge in [0.2, 0.25) is 0 Å². The summed E-state index contributed by atoms with van der Waals surface area (Å²) >= 11 is 0. The Hall–Kier alpha value is -5.04. The van der Waals surface area contributed by atoms with Crippen molar-refractivity contribution in [1.82, 2.24) is 0 Å². The molecule has 2 fully saturated rings. The van der Waals surface area contributed by atoms with E-state index in [9.17, 15) is 19.2 Å². The maximum atomic E-state index is 12.4. The third-order valence-corrected chi connectivity index (χ3v) is 9.02. The van der Waals surface area contributed by atoms with Crippen LogP contribution in [0.1, 0.15) is 56.9 Å². The van der Waals surface area contributed by atoms with Crippen molar-refractivity contribution in [3.63, 3.8) is 0 Å². The highest BCUT2D eigenvalue weighted by Gasteiger charge is 2.33. The largest absolute Gasteiger partial charge is 0.426 e. The van der Waals surface area contributed by atoms with Gasteiger partial charge in [-0.1, -0.05) is 84.9 Å². The highest BCUT2D eigenvalue weighted by molar-refractivity contribution is 5.84. The van der Waals surface area contributed by atoms with Gasteiger partial charge in [-0.25, -0.2) is 0 Å². The van der Waals surface area contributed by atoms with Crippen LogP contribution < -0.4 is 14.2 Å². The molecule has 6 rings (SSSR count). The molecule has 4 aromatic rings. The second kappa shape index (κ2) is 17.8. The minimum absolute atomic E-state index is 0.0750. The molecule has 7 heteroatoms. The van der Waals surface area contributed by atoms with Gasteiger partial charge in [-0.05, 0) is 93.3 Å². The summed E-state index contributed by atoms with van der Waals surface area (Å²) < 4.78 is 16.2. The third kappa shape index (κ3) is 10.5. The summed E-state index contributed by atoms with van der Waals surface area (Å²) in [5, 5.41) is 0. The fraction of sp³-hybridized carbons (Fsp3) is 0.317. The molecule has 0 aromatic heterocycles. The maximum Gasteiger partial charge on any atom is 0.314 e. The number of ether oxygens (including phenoxy) is 3. The molecule has 0 aliphatic heterocycles. The van der Waals surface area contributed by atoms with E-state index in [1.165, 1.54) is 0 Å². The molecule has 2 aliphatic rings. The van der Waals surface area contributed by atoms with Crippen LogP contribution in [0.25, 0.3) is 0 Å². The SMILES string of the molecule is O=C(Cc1ccccc1)C1CCC(C(=O)Oc2ccccc2)CC1.O=C(Oc1ccccc1)C1CCC(C(=O)Oc2ccccc2)CC1. The smallest absolute Gasteiger partial charge is 0.314 e. The van der Waals surface area contributed by atoms with Crippen LogP contribution in [0.4, 0.5) is 0 Å². The number of benzene rings is 4. The van der Waals surface area contributed by atoms with Gasteiger partial charge in [0.05, 0.1) is 17.8 Å². The molecule has 2 saturated carbocycles. The standard InChI is InChI=1S/C21H22O3.C20H20O4/c22-20(15-16-7-3-1-4-8-16)17-11-13-18(14-12-17)21(23)24-19-9-5-2-6-10-19;21-19(23-17-7-3-1-4-8-17)15-11-13-16(14-12-15)20(22)24-18-9-5-2-6-10-18/h1-10,17-18H,11-15H2;1-10,15-16H,11-14H2. The van der Waals surface area contributed by atoms with Crippen LogP contribution in [0.5, 0.6) is 17.2 Å². The molecule has 0 saturated heterocycles. The molecule has 0 atom stereocenters. The minimum Gasteiger partial charge on any atom is -0.426 e. The summed E-state index contributed by atoms with van der Waals surface area (Å²) in [5.41, 5.74) is 1.06. The van der Waals surface area contributed by atoms with E-state index in [0.717, 1.165) is 31.2 Å². The minimum atomic E-state index is -0.212. The van der Waals surface area contributed by atoms with Gasteiger partial charge in [0.15, 0.2) is 0 Å². The Morgan fingerprint density at radius 1 is 0.396 bits per heavy atom. The maximum absolute atomic E-state index is 12.4. The number of para-hydroxylation sites is 3. The van der Waals surface area contributed by atoms with E-state index in [1.54, 1.807) is 36.4 Å². The number of hydrogen-bond donors (Lipinski definition) is 0. The molecule has 0 radical (unpaired) electrons. The van der Waals surface area contributed by atoms with Crippen LogP contribution in [0.2, 0.25) is 0 Å². The van der Waals surface area contributed by atoms with Gasteiger partial charge in [0, 0.05) is 12.3 Å². The molecule has 4 aromatic carbocycles. The van der Waals surface area contributed by atoms with Crippen molar-refractivity contribution in [3.05, 3.63) is 127 Å². The van der Waals surface area contributed by atoms with Gasteiger partial charge < -0.3 is 14.2 Å². The third-order valence-electron chi connectivity index (χ3n) is 9.02. The van der Waals surface area contributed by atoms with Crippen LogP contribution in [0.15, 0.2) is 121 Å². The Morgan fingerprint density at radius 2 is 0.667 bits per heavy atom. The van der Waals surface area contributed by atoms with E-state index >= 15 is 0 Å². The number of ketones is 1. The van der Waals surface area contributed by atoms with Gasteiger partial charge in [-0.2, -0.15) is 0 Å². The van der Waals surface area contributed by atoms with E-state index in [-0.39, 0.29) is 47.4 Å². The highest BCUT2D eigenvalue weighted by atomic mass is 16.5. The van der Waals surface area contributed by atoms with Crippen molar-refractivity contribution in [3.8, 4) is 17.2 Å². The van der Waals surface area contributed by atoms with Crippen LogP contribution in [-0.2, 0) is 25.6 Å². The Kier molecular flexibility index (Phi) is 12.7. The van der Waals surface area contributed by atoms with Crippen molar-refractivity contribution in [2.24, 2.45) is 23.7 Å². The predicted molar refractivity (Wildman–Crippen MR) is 182 cm³/mol. The zero-order chi connectivity index (χ0) is 33.6. The zero-order valence-electron chi connectivity index (χ0n) is 27.1. The monoisotopic (exact) mass is 646 g/mol. The Balaban J connectivity index is 0.000000188. The Bertz CT molecular complexity index is 1340. The van der Waals surface area contributed by atoms with Gasteiger partial charge in [-0.3, -0.25) is 19.2 Å². The van der Waals surface area contributed by atoms with Gasteiger partial charge in [-0.15, -0.1) is 0 Å². The molecule has 48 heavy (non-hydrogen) atoms. The second-order valence-corrected chi connectivity index (χ2v) is 12.4. The molecule has 0 heterocycles. The predicted octanol–water partition coefficient (Wildman–Crippen LogP) is 8.21. The average Bonchev–Trinajstić information content (AvgIpc) is 3.14. The van der Waals surface area contributed by atoms with Crippen molar-refractivity contribution in [2.75, 3.05) is 0 Å². The molecule has 0 amide bonds. The first-order valence-corrected chi connectivity index (χ1v) is 16.8. The summed E-state index contributed by atoms with van der Waals surface area (Å²) in [6.45, 7) is 0. The summed E-state index contributed by atoms with van der Waals surface area (Å²) in [4.78, 5) is 49.0. The molecular formula is C41H42O7. The van der Waals surface area contributed by atoms with E-state index in [1.807, 2.05) is 84.9 Å². The van der Waals surface area contributed by atoms with Gasteiger partial charge in [0.1, 0.15) is 23.0 Å². The van der Waals surface area contributed by atoms with Crippen molar-refractivity contribution < 1.29 is 33.4 Å². The number of esters is 3. The summed E-state index contributed by atoms with van der Waals surface area (Å²) in [5.74, 6) is 1.10. The molecule has 0 N–H and O–H groups in total. The molecule has 0 bridgehead atoms. The lowest BCUT2D eigenvalue weighted by Crippen LogP contribution is -2.30. The van der Waals surface area contributed by atoms with E-state index < -0.39 is 0 Å². The number of rotatable bonds is 9. The first kappa shape index (κ1) is 34.3. The lowest BCUT2D eigenvalue weighted by atomic mass is 9.79. The first-order chi connectivity index (χ1) is 23.4. The first-order valence-electron chi connectivity index (χ1n) is 16.8. The second-order valence-electron chi connectivity index (χ2n) is 12.4. The van der Waals surface area contributed by atoms with E-state index in [4.69, 9.17) is 14.2 Å². The quantitative estimate of drug-likeness (QED) is 0.134. The zero-order valence-corrected chi connectivity index (χ0v) is 27.1. The molecular weight excluding hydrogens is 604 g/mol. The van der Waals surface area contributed by atoms with E-state index in [0.29, 0.717) is 49.4 Å². The van der Waals surface area contributed by atoms with Crippen molar-refractivity contribution in [1.29, 1.82) is 0 Å². The molecule has 0 spiro atoms. The fourth-order valence-corrected chi connectivity index (χ4v) is 6.22. The topological polar surface area (TPSA) is 96.0 Å². The van der Waals surface area contributed by atoms with Crippen molar-refractivity contribution in [2.45, 2.75) is 57.8 Å². The lowest BCUT2D eigenvalue weighted by Gasteiger charge is -2.26. The number of carbonyl (C=O) groups is 4. The Morgan fingerprint density at radius 3 is 0.979 bits per heavy atom. The number of carbonyl (C=O) groups excluding carboxylic acids is 4. The molecule has 0 unspecified atom stereocenters.